The number of para-hydroxylation sites is 1. The number of hydrogen-bond acceptors (Lipinski definition) is 4. The highest BCUT2D eigenvalue weighted by atomic mass is 32.2. The fourth-order valence-electron chi connectivity index (χ4n) is 3.26. The summed E-state index contributed by atoms with van der Waals surface area (Å²) < 4.78 is 0. The first-order valence-corrected chi connectivity index (χ1v) is 11.3. The van der Waals surface area contributed by atoms with E-state index in [1.54, 1.807) is 11.8 Å². The molecule has 0 aromatic heterocycles. The van der Waals surface area contributed by atoms with Gasteiger partial charge in [-0.1, -0.05) is 42.5 Å². The van der Waals surface area contributed by atoms with Crippen LogP contribution in [0.2, 0.25) is 0 Å². The maximum absolute atomic E-state index is 12.9. The summed E-state index contributed by atoms with van der Waals surface area (Å²) in [6, 6.07) is 20.7. The van der Waals surface area contributed by atoms with E-state index in [0.717, 1.165) is 17.1 Å². The second-order valence-electron chi connectivity index (χ2n) is 7.84. The first-order chi connectivity index (χ1) is 14.1. The molecule has 1 fully saturated rings. The van der Waals surface area contributed by atoms with Crippen LogP contribution in [0.5, 0.6) is 0 Å². The Kier molecular flexibility index (Phi) is 7.74. The molecule has 1 amide bonds. The summed E-state index contributed by atoms with van der Waals surface area (Å²) >= 11 is 1.61. The minimum absolute atomic E-state index is 0.00909. The molecule has 0 spiro atoms. The fraction of sp³-hybridized carbons (Fsp3) is 0.417. The van der Waals surface area contributed by atoms with Gasteiger partial charge >= 0.3 is 0 Å². The van der Waals surface area contributed by atoms with Crippen molar-refractivity contribution < 1.29 is 4.79 Å². The number of amides is 1. The summed E-state index contributed by atoms with van der Waals surface area (Å²) in [5, 5.41) is 12.1. The Labute approximate surface area is 178 Å². The number of anilines is 1. The Hall–Kier alpha value is -2.29. The third-order valence-electron chi connectivity index (χ3n) is 5.24. The topological polar surface area (TPSA) is 56.1 Å². The molecule has 1 N–H and O–H groups in total. The van der Waals surface area contributed by atoms with Gasteiger partial charge in [-0.2, -0.15) is 5.26 Å². The minimum Gasteiger partial charge on any atom is -0.324 e. The molecule has 4 nitrogen and oxygen atoms in total. The number of benzene rings is 2. The van der Waals surface area contributed by atoms with Crippen molar-refractivity contribution in [2.24, 2.45) is 11.8 Å². The van der Waals surface area contributed by atoms with Crippen molar-refractivity contribution in [3.8, 4) is 6.07 Å². The lowest BCUT2D eigenvalue weighted by Crippen LogP contribution is -2.36. The zero-order valence-electron chi connectivity index (χ0n) is 17.2. The SMILES string of the molecule is CC(C#N)CSc1ccccc1NC(=O)CN(CC1CC1)C(C)c1ccccc1. The van der Waals surface area contributed by atoms with Gasteiger partial charge in [0.2, 0.25) is 5.91 Å². The van der Waals surface area contributed by atoms with Gasteiger partial charge in [0.15, 0.2) is 0 Å². The van der Waals surface area contributed by atoms with Gasteiger partial charge in [0.1, 0.15) is 0 Å². The molecule has 2 atom stereocenters. The predicted octanol–water partition coefficient (Wildman–Crippen LogP) is 5.35. The molecule has 1 aliphatic carbocycles. The van der Waals surface area contributed by atoms with Gasteiger partial charge in [0.05, 0.1) is 24.2 Å². The van der Waals surface area contributed by atoms with Crippen LogP contribution in [0.4, 0.5) is 5.69 Å². The third-order valence-corrected chi connectivity index (χ3v) is 6.57. The number of nitrogens with one attached hydrogen (secondary N) is 1. The largest absolute Gasteiger partial charge is 0.324 e. The van der Waals surface area contributed by atoms with Crippen LogP contribution in [-0.2, 0) is 4.79 Å². The number of hydrogen-bond donors (Lipinski definition) is 1. The maximum atomic E-state index is 12.9. The van der Waals surface area contributed by atoms with Crippen molar-refractivity contribution in [2.75, 3.05) is 24.2 Å². The summed E-state index contributed by atoms with van der Waals surface area (Å²) in [7, 11) is 0. The van der Waals surface area contributed by atoms with Crippen LogP contribution in [0.25, 0.3) is 0 Å². The standard InChI is InChI=1S/C24H29N3OS/c1-18(14-25)17-29-23-11-7-6-10-22(23)26-24(28)16-27(15-20-12-13-20)19(2)21-8-4-3-5-9-21/h3-11,18-20H,12-13,15-17H2,1-2H3,(H,26,28). The van der Waals surface area contributed by atoms with Crippen molar-refractivity contribution >= 4 is 23.4 Å². The van der Waals surface area contributed by atoms with Crippen molar-refractivity contribution in [1.82, 2.24) is 4.90 Å². The number of rotatable bonds is 10. The van der Waals surface area contributed by atoms with Crippen LogP contribution in [0.1, 0.15) is 38.3 Å². The highest BCUT2D eigenvalue weighted by Gasteiger charge is 2.28. The van der Waals surface area contributed by atoms with Gasteiger partial charge < -0.3 is 5.32 Å². The molecular formula is C24H29N3OS. The lowest BCUT2D eigenvalue weighted by atomic mass is 10.1. The van der Waals surface area contributed by atoms with Crippen molar-refractivity contribution in [1.29, 1.82) is 5.26 Å². The maximum Gasteiger partial charge on any atom is 0.238 e. The molecule has 0 aliphatic heterocycles. The summed E-state index contributed by atoms with van der Waals surface area (Å²) in [6.07, 6.45) is 2.52. The van der Waals surface area contributed by atoms with Gasteiger partial charge in [0, 0.05) is 23.2 Å². The Morgan fingerprint density at radius 3 is 2.55 bits per heavy atom. The van der Waals surface area contributed by atoms with Crippen LogP contribution >= 0.6 is 11.8 Å². The van der Waals surface area contributed by atoms with E-state index in [0.29, 0.717) is 18.2 Å². The van der Waals surface area contributed by atoms with Gasteiger partial charge in [-0.05, 0) is 50.3 Å². The molecule has 2 aromatic carbocycles. The predicted molar refractivity (Wildman–Crippen MR) is 120 cm³/mol. The normalized spacial score (nSPS) is 15.5. The van der Waals surface area contributed by atoms with Crippen molar-refractivity contribution in [3.05, 3.63) is 60.2 Å². The first-order valence-electron chi connectivity index (χ1n) is 10.3. The Balaban J connectivity index is 1.65. The molecule has 0 saturated heterocycles. The average molecular weight is 408 g/mol. The molecule has 0 radical (unpaired) electrons. The monoisotopic (exact) mass is 407 g/mol. The van der Waals surface area contributed by atoms with E-state index in [1.807, 2.05) is 37.3 Å². The van der Waals surface area contributed by atoms with Crippen LogP contribution in [0.3, 0.4) is 0 Å². The zero-order chi connectivity index (χ0) is 20.6. The molecule has 2 unspecified atom stereocenters. The van der Waals surface area contributed by atoms with Gasteiger partial charge in [0.25, 0.3) is 0 Å². The van der Waals surface area contributed by atoms with E-state index in [-0.39, 0.29) is 17.9 Å². The van der Waals surface area contributed by atoms with E-state index in [4.69, 9.17) is 5.26 Å². The Morgan fingerprint density at radius 1 is 1.17 bits per heavy atom. The van der Waals surface area contributed by atoms with Crippen molar-refractivity contribution in [3.63, 3.8) is 0 Å². The van der Waals surface area contributed by atoms with E-state index in [2.05, 4.69) is 47.5 Å². The second-order valence-corrected chi connectivity index (χ2v) is 8.91. The van der Waals surface area contributed by atoms with E-state index < -0.39 is 0 Å². The molecule has 0 heterocycles. The van der Waals surface area contributed by atoms with E-state index >= 15 is 0 Å². The van der Waals surface area contributed by atoms with Gasteiger partial charge in [-0.25, -0.2) is 0 Å². The summed E-state index contributed by atoms with van der Waals surface area (Å²) in [6.45, 7) is 5.42. The van der Waals surface area contributed by atoms with Crippen molar-refractivity contribution in [2.45, 2.75) is 37.6 Å². The van der Waals surface area contributed by atoms with Crippen LogP contribution in [0.15, 0.2) is 59.5 Å². The molecule has 152 valence electrons. The zero-order valence-corrected chi connectivity index (χ0v) is 18.0. The Bertz CT molecular complexity index is 845. The minimum atomic E-state index is -0.0236. The Morgan fingerprint density at radius 2 is 1.86 bits per heavy atom. The van der Waals surface area contributed by atoms with E-state index in [9.17, 15) is 4.79 Å². The highest BCUT2D eigenvalue weighted by molar-refractivity contribution is 7.99. The quantitative estimate of drug-likeness (QED) is 0.539. The lowest BCUT2D eigenvalue weighted by Gasteiger charge is -2.29. The summed E-state index contributed by atoms with van der Waals surface area (Å²) in [4.78, 5) is 16.2. The van der Waals surface area contributed by atoms with Crippen LogP contribution in [0, 0.1) is 23.2 Å². The molecule has 29 heavy (non-hydrogen) atoms. The van der Waals surface area contributed by atoms with Gasteiger partial charge in [-0.3, -0.25) is 9.69 Å². The number of nitriles is 1. The first kappa shape index (κ1) is 21.4. The number of thioether (sulfide) groups is 1. The smallest absolute Gasteiger partial charge is 0.238 e. The van der Waals surface area contributed by atoms with Crippen LogP contribution < -0.4 is 5.32 Å². The molecular weight excluding hydrogens is 378 g/mol. The third kappa shape index (κ3) is 6.62. The lowest BCUT2D eigenvalue weighted by molar-refractivity contribution is -0.117. The molecule has 5 heteroatoms. The number of carbonyl (C=O) groups is 1. The highest BCUT2D eigenvalue weighted by Crippen LogP contribution is 2.33. The molecule has 1 saturated carbocycles. The average Bonchev–Trinajstić information content (AvgIpc) is 3.56. The summed E-state index contributed by atoms with van der Waals surface area (Å²) in [5.41, 5.74) is 2.06. The number of carbonyl (C=O) groups excluding carboxylic acids is 1. The summed E-state index contributed by atoms with van der Waals surface area (Å²) in [5.74, 6) is 1.41. The molecule has 1 aliphatic rings. The van der Waals surface area contributed by atoms with Crippen LogP contribution in [-0.4, -0.2) is 29.6 Å². The fourth-order valence-corrected chi connectivity index (χ4v) is 4.21. The molecule has 2 aromatic rings. The second kappa shape index (κ2) is 10.5. The molecule has 3 rings (SSSR count). The van der Waals surface area contributed by atoms with E-state index in [1.165, 1.54) is 18.4 Å². The molecule has 0 bridgehead atoms. The van der Waals surface area contributed by atoms with Gasteiger partial charge in [-0.15, -0.1) is 11.8 Å². The number of nitrogens with zero attached hydrogens (tertiary/aromatic N) is 2.